The SMILES string of the molecule is Cc1nn(Cn2ccc(C(=O)N3CCCc4ccccc43)n2)c(C)c1Br. The van der Waals surface area contributed by atoms with E-state index in [2.05, 4.69) is 32.2 Å². The Hall–Kier alpha value is -2.41. The summed E-state index contributed by atoms with van der Waals surface area (Å²) < 4.78 is 4.62. The van der Waals surface area contributed by atoms with E-state index >= 15 is 0 Å². The van der Waals surface area contributed by atoms with Gasteiger partial charge in [-0.3, -0.25) is 9.48 Å². The van der Waals surface area contributed by atoms with Gasteiger partial charge in [0.05, 0.1) is 15.9 Å². The molecular formula is C19H20BrN5O. The molecule has 3 heterocycles. The number of para-hydroxylation sites is 1. The van der Waals surface area contributed by atoms with Gasteiger partial charge in [-0.15, -0.1) is 0 Å². The number of aryl methyl sites for hydroxylation is 2. The summed E-state index contributed by atoms with van der Waals surface area (Å²) in [6, 6.07) is 9.88. The van der Waals surface area contributed by atoms with Crippen LogP contribution in [0.1, 0.15) is 33.9 Å². The molecule has 0 aliphatic carbocycles. The van der Waals surface area contributed by atoms with Crippen molar-refractivity contribution in [1.29, 1.82) is 0 Å². The molecule has 0 saturated carbocycles. The third-order valence-electron chi connectivity index (χ3n) is 4.79. The summed E-state index contributed by atoms with van der Waals surface area (Å²) in [5.41, 5.74) is 4.66. The standard InChI is InChI=1S/C19H20BrN5O/c1-13-18(20)14(2)25(21-13)12-23-11-9-16(22-23)19(26)24-10-5-7-15-6-3-4-8-17(15)24/h3-4,6,8-9,11H,5,7,10,12H2,1-2H3. The summed E-state index contributed by atoms with van der Waals surface area (Å²) in [6.07, 6.45) is 3.82. The minimum atomic E-state index is -0.0505. The number of benzene rings is 1. The predicted molar refractivity (Wildman–Crippen MR) is 103 cm³/mol. The van der Waals surface area contributed by atoms with Gasteiger partial charge < -0.3 is 4.90 Å². The lowest BCUT2D eigenvalue weighted by molar-refractivity contribution is 0.0979. The Morgan fingerprint density at radius 1 is 1.19 bits per heavy atom. The quantitative estimate of drug-likeness (QED) is 0.659. The average molecular weight is 414 g/mol. The first kappa shape index (κ1) is 17.0. The van der Waals surface area contributed by atoms with Crippen molar-refractivity contribution in [2.24, 2.45) is 0 Å². The van der Waals surface area contributed by atoms with Crippen molar-refractivity contribution in [1.82, 2.24) is 19.6 Å². The van der Waals surface area contributed by atoms with Crippen LogP contribution >= 0.6 is 15.9 Å². The van der Waals surface area contributed by atoms with Gasteiger partial charge in [0.15, 0.2) is 5.69 Å². The van der Waals surface area contributed by atoms with Gasteiger partial charge in [0, 0.05) is 18.4 Å². The Balaban J connectivity index is 1.57. The van der Waals surface area contributed by atoms with Crippen LogP contribution in [-0.2, 0) is 13.1 Å². The van der Waals surface area contributed by atoms with Gasteiger partial charge >= 0.3 is 0 Å². The van der Waals surface area contributed by atoms with Crippen LogP contribution in [0, 0.1) is 13.8 Å². The molecule has 7 heteroatoms. The Bertz CT molecular complexity index is 974. The zero-order chi connectivity index (χ0) is 18.3. The average Bonchev–Trinajstić information content (AvgIpc) is 3.22. The van der Waals surface area contributed by atoms with E-state index in [0.717, 1.165) is 40.9 Å². The van der Waals surface area contributed by atoms with Crippen LogP contribution in [0.15, 0.2) is 41.0 Å². The molecule has 0 atom stereocenters. The van der Waals surface area contributed by atoms with Crippen LogP contribution in [0.25, 0.3) is 0 Å². The van der Waals surface area contributed by atoms with Gasteiger partial charge in [-0.2, -0.15) is 10.2 Å². The zero-order valence-electron chi connectivity index (χ0n) is 14.8. The fourth-order valence-corrected chi connectivity index (χ4v) is 3.67. The summed E-state index contributed by atoms with van der Waals surface area (Å²) in [5.74, 6) is -0.0505. The maximum absolute atomic E-state index is 13.0. The van der Waals surface area contributed by atoms with Gasteiger partial charge in [-0.1, -0.05) is 18.2 Å². The normalized spacial score (nSPS) is 13.7. The molecule has 0 saturated heterocycles. The Morgan fingerprint density at radius 2 is 2.00 bits per heavy atom. The minimum Gasteiger partial charge on any atom is -0.307 e. The molecule has 0 bridgehead atoms. The van der Waals surface area contributed by atoms with E-state index in [1.54, 1.807) is 10.7 Å². The molecule has 0 unspecified atom stereocenters. The summed E-state index contributed by atoms with van der Waals surface area (Å²) in [7, 11) is 0. The molecule has 26 heavy (non-hydrogen) atoms. The van der Waals surface area contributed by atoms with Crippen molar-refractivity contribution in [3.63, 3.8) is 0 Å². The molecule has 3 aromatic rings. The van der Waals surface area contributed by atoms with E-state index in [1.807, 2.05) is 47.8 Å². The highest BCUT2D eigenvalue weighted by Crippen LogP contribution is 2.27. The first-order valence-corrected chi connectivity index (χ1v) is 9.46. The number of nitrogens with zero attached hydrogens (tertiary/aromatic N) is 5. The van der Waals surface area contributed by atoms with Crippen molar-refractivity contribution in [3.05, 3.63) is 63.6 Å². The number of amides is 1. The molecule has 2 aromatic heterocycles. The smallest absolute Gasteiger partial charge is 0.278 e. The number of aromatic nitrogens is 4. The molecule has 0 fully saturated rings. The second-order valence-corrected chi connectivity index (χ2v) is 7.35. The van der Waals surface area contributed by atoms with Gasteiger partial charge in [0.25, 0.3) is 5.91 Å². The van der Waals surface area contributed by atoms with E-state index in [0.29, 0.717) is 12.4 Å². The molecule has 1 amide bonds. The van der Waals surface area contributed by atoms with E-state index in [9.17, 15) is 4.79 Å². The van der Waals surface area contributed by atoms with E-state index < -0.39 is 0 Å². The van der Waals surface area contributed by atoms with E-state index in [-0.39, 0.29) is 5.91 Å². The summed E-state index contributed by atoms with van der Waals surface area (Å²) in [6.45, 7) is 5.17. The molecule has 6 nitrogen and oxygen atoms in total. The Morgan fingerprint density at radius 3 is 2.77 bits per heavy atom. The fourth-order valence-electron chi connectivity index (χ4n) is 3.39. The summed E-state index contributed by atoms with van der Waals surface area (Å²) >= 11 is 3.54. The first-order valence-electron chi connectivity index (χ1n) is 8.67. The summed E-state index contributed by atoms with van der Waals surface area (Å²) in [5, 5.41) is 8.98. The molecule has 1 aliphatic heterocycles. The van der Waals surface area contributed by atoms with Crippen LogP contribution in [0.4, 0.5) is 5.69 Å². The number of hydrogen-bond donors (Lipinski definition) is 0. The summed E-state index contributed by atoms with van der Waals surface area (Å²) in [4.78, 5) is 14.8. The van der Waals surface area contributed by atoms with Crippen LogP contribution < -0.4 is 4.90 Å². The number of halogens is 1. The van der Waals surface area contributed by atoms with Gasteiger partial charge in [0.2, 0.25) is 0 Å². The monoisotopic (exact) mass is 413 g/mol. The van der Waals surface area contributed by atoms with E-state index in [4.69, 9.17) is 0 Å². The molecule has 4 rings (SSSR count). The highest BCUT2D eigenvalue weighted by molar-refractivity contribution is 9.10. The number of anilines is 1. The second kappa shape index (κ2) is 6.72. The lowest BCUT2D eigenvalue weighted by Gasteiger charge is -2.28. The number of rotatable bonds is 3. The fraction of sp³-hybridized carbons (Fsp3) is 0.316. The van der Waals surface area contributed by atoms with Gasteiger partial charge in [-0.25, -0.2) is 4.68 Å². The first-order chi connectivity index (χ1) is 12.5. The van der Waals surface area contributed by atoms with Crippen LogP contribution in [0.3, 0.4) is 0 Å². The van der Waals surface area contributed by atoms with Gasteiger partial charge in [0.1, 0.15) is 6.67 Å². The number of fused-ring (bicyclic) bond motifs is 1. The largest absolute Gasteiger partial charge is 0.307 e. The van der Waals surface area contributed by atoms with Crippen molar-refractivity contribution in [2.75, 3.05) is 11.4 Å². The molecule has 1 aromatic carbocycles. The molecule has 134 valence electrons. The number of hydrogen-bond acceptors (Lipinski definition) is 3. The Kier molecular flexibility index (Phi) is 4.40. The van der Waals surface area contributed by atoms with Crippen molar-refractivity contribution in [3.8, 4) is 0 Å². The predicted octanol–water partition coefficient (Wildman–Crippen LogP) is 3.56. The molecular weight excluding hydrogens is 394 g/mol. The second-order valence-electron chi connectivity index (χ2n) is 6.56. The third-order valence-corrected chi connectivity index (χ3v) is 5.93. The number of carbonyl (C=O) groups is 1. The molecule has 1 aliphatic rings. The van der Waals surface area contributed by atoms with Crippen molar-refractivity contribution >= 4 is 27.5 Å². The maximum Gasteiger partial charge on any atom is 0.278 e. The van der Waals surface area contributed by atoms with Crippen molar-refractivity contribution < 1.29 is 4.79 Å². The number of carbonyl (C=O) groups excluding carboxylic acids is 1. The van der Waals surface area contributed by atoms with Crippen LogP contribution in [0.5, 0.6) is 0 Å². The van der Waals surface area contributed by atoms with Crippen molar-refractivity contribution in [2.45, 2.75) is 33.4 Å². The van der Waals surface area contributed by atoms with E-state index in [1.165, 1.54) is 5.56 Å². The highest BCUT2D eigenvalue weighted by atomic mass is 79.9. The maximum atomic E-state index is 13.0. The Labute approximate surface area is 160 Å². The van der Waals surface area contributed by atoms with Crippen LogP contribution in [0.2, 0.25) is 0 Å². The lowest BCUT2D eigenvalue weighted by atomic mass is 10.0. The van der Waals surface area contributed by atoms with Gasteiger partial charge in [-0.05, 0) is 60.3 Å². The highest BCUT2D eigenvalue weighted by Gasteiger charge is 2.24. The zero-order valence-corrected chi connectivity index (χ0v) is 16.4. The lowest BCUT2D eigenvalue weighted by Crippen LogP contribution is -2.35. The molecule has 0 N–H and O–H groups in total. The minimum absolute atomic E-state index is 0.0505. The van der Waals surface area contributed by atoms with Crippen LogP contribution in [-0.4, -0.2) is 32.0 Å². The molecule has 0 radical (unpaired) electrons. The third kappa shape index (κ3) is 2.96. The molecule has 0 spiro atoms. The topological polar surface area (TPSA) is 56.0 Å².